The van der Waals surface area contributed by atoms with E-state index in [-0.39, 0.29) is 5.92 Å². The molecule has 6 nitrogen and oxygen atoms in total. The number of para-hydroxylation sites is 1. The quantitative estimate of drug-likeness (QED) is 0.342. The SMILES string of the molecule is Cc1cccc2c1nc(COc1ccc(Cl)cc1)n2CCCC1CCN(CCC(C)C(=O)O)CC1. The lowest BCUT2D eigenvalue weighted by Gasteiger charge is -2.32. The van der Waals surface area contributed by atoms with Crippen LogP contribution in [0, 0.1) is 18.8 Å². The molecule has 188 valence electrons. The van der Waals surface area contributed by atoms with Crippen LogP contribution in [0.15, 0.2) is 42.5 Å². The van der Waals surface area contributed by atoms with Crippen LogP contribution in [-0.4, -0.2) is 45.2 Å². The maximum atomic E-state index is 11.1. The lowest BCUT2D eigenvalue weighted by atomic mass is 9.92. The minimum Gasteiger partial charge on any atom is -0.486 e. The number of nitrogens with zero attached hydrogens (tertiary/aromatic N) is 3. The molecule has 1 N–H and O–H groups in total. The molecule has 0 spiro atoms. The van der Waals surface area contributed by atoms with Gasteiger partial charge in [0.2, 0.25) is 0 Å². The maximum Gasteiger partial charge on any atom is 0.306 e. The number of rotatable bonds is 11. The van der Waals surface area contributed by atoms with Gasteiger partial charge in [-0.2, -0.15) is 0 Å². The third-order valence-electron chi connectivity index (χ3n) is 7.24. The topological polar surface area (TPSA) is 67.6 Å². The van der Waals surface area contributed by atoms with Crippen molar-refractivity contribution in [1.82, 2.24) is 14.5 Å². The van der Waals surface area contributed by atoms with Crippen molar-refractivity contribution in [2.75, 3.05) is 19.6 Å². The lowest BCUT2D eigenvalue weighted by Crippen LogP contribution is -2.35. The molecule has 0 amide bonds. The average Bonchev–Trinajstić information content (AvgIpc) is 3.21. The summed E-state index contributed by atoms with van der Waals surface area (Å²) in [5, 5.41) is 9.79. The third kappa shape index (κ3) is 6.77. The maximum absolute atomic E-state index is 11.1. The van der Waals surface area contributed by atoms with Crippen LogP contribution in [0.1, 0.15) is 50.4 Å². The van der Waals surface area contributed by atoms with Crippen molar-refractivity contribution in [1.29, 1.82) is 0 Å². The third-order valence-corrected chi connectivity index (χ3v) is 7.49. The van der Waals surface area contributed by atoms with E-state index in [1.165, 1.54) is 30.3 Å². The van der Waals surface area contributed by atoms with E-state index in [4.69, 9.17) is 26.4 Å². The van der Waals surface area contributed by atoms with Crippen molar-refractivity contribution in [2.45, 2.75) is 59.1 Å². The Bertz CT molecular complexity index is 1120. The van der Waals surface area contributed by atoms with Crippen molar-refractivity contribution in [3.63, 3.8) is 0 Å². The number of carbonyl (C=O) groups is 1. The second-order valence-corrected chi connectivity index (χ2v) is 10.3. The fourth-order valence-electron chi connectivity index (χ4n) is 4.91. The van der Waals surface area contributed by atoms with Crippen molar-refractivity contribution in [2.24, 2.45) is 11.8 Å². The van der Waals surface area contributed by atoms with Crippen LogP contribution < -0.4 is 4.74 Å². The van der Waals surface area contributed by atoms with E-state index < -0.39 is 5.97 Å². The first kappa shape index (κ1) is 25.5. The Morgan fingerprint density at radius 2 is 1.91 bits per heavy atom. The number of halogens is 1. The fourth-order valence-corrected chi connectivity index (χ4v) is 5.04. The predicted molar refractivity (Wildman–Crippen MR) is 140 cm³/mol. The Hall–Kier alpha value is -2.57. The van der Waals surface area contributed by atoms with E-state index in [1.807, 2.05) is 24.3 Å². The van der Waals surface area contributed by atoms with Gasteiger partial charge in [-0.1, -0.05) is 30.7 Å². The number of fused-ring (bicyclic) bond motifs is 1. The van der Waals surface area contributed by atoms with Crippen LogP contribution in [0.2, 0.25) is 5.02 Å². The van der Waals surface area contributed by atoms with Crippen molar-refractivity contribution in [3.8, 4) is 5.75 Å². The fraction of sp³-hybridized carbons (Fsp3) is 0.500. The number of carboxylic acids is 1. The Morgan fingerprint density at radius 1 is 1.17 bits per heavy atom. The molecule has 0 bridgehead atoms. The first-order valence-corrected chi connectivity index (χ1v) is 13.1. The van der Waals surface area contributed by atoms with Gasteiger partial charge in [0, 0.05) is 11.6 Å². The molecule has 0 aliphatic carbocycles. The lowest BCUT2D eigenvalue weighted by molar-refractivity contribution is -0.141. The Labute approximate surface area is 212 Å². The molecule has 1 aliphatic heterocycles. The monoisotopic (exact) mass is 497 g/mol. The molecule has 0 saturated carbocycles. The molecule has 1 unspecified atom stereocenters. The van der Waals surface area contributed by atoms with Crippen LogP contribution >= 0.6 is 11.6 Å². The van der Waals surface area contributed by atoms with Gasteiger partial charge in [0.1, 0.15) is 18.2 Å². The van der Waals surface area contributed by atoms with E-state index in [0.29, 0.717) is 11.6 Å². The first-order chi connectivity index (χ1) is 16.9. The molecular weight excluding hydrogens is 462 g/mol. The van der Waals surface area contributed by atoms with Gasteiger partial charge in [0.15, 0.2) is 0 Å². The number of aryl methyl sites for hydroxylation is 2. The number of hydrogen-bond donors (Lipinski definition) is 1. The molecule has 2 heterocycles. The molecule has 0 radical (unpaired) electrons. The van der Waals surface area contributed by atoms with Crippen molar-refractivity contribution in [3.05, 3.63) is 58.9 Å². The molecule has 1 aromatic heterocycles. The Kier molecular flexibility index (Phi) is 8.69. The molecule has 1 aliphatic rings. The molecule has 7 heteroatoms. The highest BCUT2D eigenvalue weighted by Crippen LogP contribution is 2.26. The summed E-state index contributed by atoms with van der Waals surface area (Å²) in [5.41, 5.74) is 3.40. The van der Waals surface area contributed by atoms with Crippen LogP contribution in [-0.2, 0) is 17.9 Å². The van der Waals surface area contributed by atoms with E-state index >= 15 is 0 Å². The molecule has 1 fully saturated rings. The van der Waals surface area contributed by atoms with Gasteiger partial charge in [-0.05, 0) is 100 Å². The molecule has 1 saturated heterocycles. The summed E-state index contributed by atoms with van der Waals surface area (Å²) in [7, 11) is 0. The minimum atomic E-state index is -0.694. The van der Waals surface area contributed by atoms with E-state index in [9.17, 15) is 4.79 Å². The molecule has 4 rings (SSSR count). The van der Waals surface area contributed by atoms with Crippen LogP contribution in [0.25, 0.3) is 11.0 Å². The predicted octanol–water partition coefficient (Wildman–Crippen LogP) is 6.18. The van der Waals surface area contributed by atoms with Crippen molar-refractivity contribution < 1.29 is 14.6 Å². The summed E-state index contributed by atoms with van der Waals surface area (Å²) in [4.78, 5) is 18.4. The molecule has 2 aromatic carbocycles. The van der Waals surface area contributed by atoms with Crippen LogP contribution in [0.3, 0.4) is 0 Å². The Balaban J connectivity index is 1.32. The first-order valence-electron chi connectivity index (χ1n) is 12.7. The zero-order valence-electron chi connectivity index (χ0n) is 20.8. The summed E-state index contributed by atoms with van der Waals surface area (Å²) in [6.45, 7) is 8.28. The number of hydrogen-bond acceptors (Lipinski definition) is 4. The van der Waals surface area contributed by atoms with Gasteiger partial charge in [-0.25, -0.2) is 4.98 Å². The molecule has 35 heavy (non-hydrogen) atoms. The molecule has 3 aromatic rings. The number of imidazole rings is 1. The Morgan fingerprint density at radius 3 is 2.63 bits per heavy atom. The number of aromatic nitrogens is 2. The standard InChI is InChI=1S/C28H36ClN3O3/c1-20-5-3-7-25-27(20)30-26(19-35-24-10-8-23(29)9-11-24)32(25)15-4-6-22-13-17-31(18-14-22)16-12-21(2)28(33)34/h3,5,7-11,21-22H,4,6,12-19H2,1-2H3,(H,33,34). The number of piperidine rings is 1. The largest absolute Gasteiger partial charge is 0.486 e. The van der Waals surface area contributed by atoms with Crippen LogP contribution in [0.5, 0.6) is 5.75 Å². The van der Waals surface area contributed by atoms with Gasteiger partial charge in [-0.15, -0.1) is 0 Å². The van der Waals surface area contributed by atoms with Gasteiger partial charge < -0.3 is 19.3 Å². The summed E-state index contributed by atoms with van der Waals surface area (Å²) in [6, 6.07) is 13.8. The van der Waals surface area contributed by atoms with E-state index in [0.717, 1.165) is 62.0 Å². The second kappa shape index (κ2) is 11.9. The van der Waals surface area contributed by atoms with Gasteiger partial charge in [0.05, 0.1) is 17.0 Å². The number of aliphatic carboxylic acids is 1. The highest BCUT2D eigenvalue weighted by atomic mass is 35.5. The van der Waals surface area contributed by atoms with Crippen molar-refractivity contribution >= 4 is 28.6 Å². The summed E-state index contributed by atoms with van der Waals surface area (Å²) >= 11 is 6.00. The minimum absolute atomic E-state index is 0.265. The van der Waals surface area contributed by atoms with Gasteiger partial charge in [-0.3, -0.25) is 4.79 Å². The number of likely N-dealkylation sites (tertiary alicyclic amines) is 1. The highest BCUT2D eigenvalue weighted by molar-refractivity contribution is 6.30. The molecular formula is C28H36ClN3O3. The smallest absolute Gasteiger partial charge is 0.306 e. The summed E-state index contributed by atoms with van der Waals surface area (Å²) in [5.74, 6) is 1.51. The van der Waals surface area contributed by atoms with Gasteiger partial charge >= 0.3 is 5.97 Å². The van der Waals surface area contributed by atoms with E-state index in [2.05, 4.69) is 34.6 Å². The number of ether oxygens (including phenoxy) is 1. The zero-order valence-corrected chi connectivity index (χ0v) is 21.5. The number of carboxylic acid groups (broad SMARTS) is 1. The summed E-state index contributed by atoms with van der Waals surface area (Å²) in [6.07, 6.45) is 5.42. The average molecular weight is 498 g/mol. The molecule has 1 atom stereocenters. The number of benzene rings is 2. The highest BCUT2D eigenvalue weighted by Gasteiger charge is 2.21. The summed E-state index contributed by atoms with van der Waals surface area (Å²) < 4.78 is 8.36. The normalized spacial score (nSPS) is 16.0. The second-order valence-electron chi connectivity index (χ2n) is 9.82. The van der Waals surface area contributed by atoms with Crippen LogP contribution in [0.4, 0.5) is 0 Å². The van der Waals surface area contributed by atoms with E-state index in [1.54, 1.807) is 6.92 Å². The zero-order chi connectivity index (χ0) is 24.8. The van der Waals surface area contributed by atoms with Gasteiger partial charge in [0.25, 0.3) is 0 Å².